The number of aliphatic hydroxyl groups excluding tert-OH is 1. The predicted molar refractivity (Wildman–Crippen MR) is 84.6 cm³/mol. The van der Waals surface area contributed by atoms with Crippen LogP contribution in [-0.4, -0.2) is 50.3 Å². The first kappa shape index (κ1) is 17.0. The number of carbonyl (C=O) groups is 1. The summed E-state index contributed by atoms with van der Waals surface area (Å²) in [6.45, 7) is 3.87. The van der Waals surface area contributed by atoms with Gasteiger partial charge in [0, 0.05) is 25.7 Å². The van der Waals surface area contributed by atoms with Gasteiger partial charge in [0.05, 0.1) is 13.2 Å². The lowest BCUT2D eigenvalue weighted by atomic mass is 10.1. The van der Waals surface area contributed by atoms with Crippen LogP contribution in [0.1, 0.15) is 22.8 Å². The van der Waals surface area contributed by atoms with Gasteiger partial charge < -0.3 is 21.1 Å². The molecular weight excluding hydrogens is 268 g/mol. The number of hydrogen-bond donors (Lipinski definition) is 4. The first-order valence-electron chi connectivity index (χ1n) is 7.15. The molecule has 0 saturated heterocycles. The van der Waals surface area contributed by atoms with Crippen LogP contribution >= 0.6 is 0 Å². The van der Waals surface area contributed by atoms with Crippen molar-refractivity contribution in [3.63, 3.8) is 0 Å². The summed E-state index contributed by atoms with van der Waals surface area (Å²) in [5.74, 6) is 0.608. The summed E-state index contributed by atoms with van der Waals surface area (Å²) in [7, 11) is 1.62. The number of guanidine groups is 1. The van der Waals surface area contributed by atoms with Gasteiger partial charge in [0.2, 0.25) is 0 Å². The molecule has 0 heterocycles. The van der Waals surface area contributed by atoms with E-state index in [1.165, 1.54) is 0 Å². The van der Waals surface area contributed by atoms with Gasteiger partial charge in [-0.3, -0.25) is 9.79 Å². The fraction of sp³-hybridized carbons (Fsp3) is 0.467. The van der Waals surface area contributed by atoms with E-state index in [1.54, 1.807) is 13.1 Å². The Kier molecular flexibility index (Phi) is 7.89. The van der Waals surface area contributed by atoms with Gasteiger partial charge >= 0.3 is 0 Å². The van der Waals surface area contributed by atoms with Gasteiger partial charge in [0.1, 0.15) is 0 Å². The second-order valence-electron chi connectivity index (χ2n) is 4.44. The largest absolute Gasteiger partial charge is 0.394 e. The molecule has 4 N–H and O–H groups in total. The molecule has 0 bridgehead atoms. The van der Waals surface area contributed by atoms with Gasteiger partial charge in [-0.15, -0.1) is 0 Å². The number of aliphatic hydroxyl groups is 1. The van der Waals surface area contributed by atoms with Crippen LogP contribution in [-0.2, 0) is 6.42 Å². The summed E-state index contributed by atoms with van der Waals surface area (Å²) in [5.41, 5.74) is 1.75. The van der Waals surface area contributed by atoms with E-state index in [9.17, 15) is 4.79 Å². The molecule has 1 aromatic rings. The Bertz CT molecular complexity index is 474. The van der Waals surface area contributed by atoms with Crippen molar-refractivity contribution in [3.8, 4) is 0 Å². The fourth-order valence-electron chi connectivity index (χ4n) is 1.84. The van der Waals surface area contributed by atoms with E-state index in [0.717, 1.165) is 18.5 Å². The first-order chi connectivity index (χ1) is 10.2. The average molecular weight is 292 g/mol. The zero-order valence-electron chi connectivity index (χ0n) is 12.6. The molecule has 0 radical (unpaired) electrons. The molecule has 0 saturated carbocycles. The molecule has 0 spiro atoms. The molecule has 0 atom stereocenters. The lowest BCUT2D eigenvalue weighted by molar-refractivity contribution is 0.0963. The summed E-state index contributed by atoms with van der Waals surface area (Å²) in [5, 5.41) is 17.7. The molecule has 0 unspecified atom stereocenters. The molecule has 21 heavy (non-hydrogen) atoms. The van der Waals surface area contributed by atoms with E-state index in [1.807, 2.05) is 25.1 Å². The highest BCUT2D eigenvalue weighted by molar-refractivity contribution is 5.94. The van der Waals surface area contributed by atoms with Crippen molar-refractivity contribution in [1.29, 1.82) is 0 Å². The number of amides is 1. The molecule has 6 heteroatoms. The molecule has 1 rings (SSSR count). The van der Waals surface area contributed by atoms with Crippen LogP contribution in [0, 0.1) is 0 Å². The third-order valence-electron chi connectivity index (χ3n) is 2.84. The van der Waals surface area contributed by atoms with Gasteiger partial charge in [0.15, 0.2) is 5.96 Å². The van der Waals surface area contributed by atoms with E-state index < -0.39 is 0 Å². The van der Waals surface area contributed by atoms with Crippen molar-refractivity contribution in [2.75, 3.05) is 33.3 Å². The summed E-state index contributed by atoms with van der Waals surface area (Å²) in [6.07, 6.45) is 0.786. The molecule has 116 valence electrons. The Labute approximate surface area is 125 Å². The number of rotatable bonds is 7. The first-order valence-corrected chi connectivity index (χ1v) is 7.15. The Morgan fingerprint density at radius 1 is 1.33 bits per heavy atom. The van der Waals surface area contributed by atoms with Crippen LogP contribution < -0.4 is 16.0 Å². The van der Waals surface area contributed by atoms with Crippen molar-refractivity contribution in [1.82, 2.24) is 16.0 Å². The van der Waals surface area contributed by atoms with Crippen molar-refractivity contribution in [3.05, 3.63) is 35.4 Å². The minimum absolute atomic E-state index is 0.0325. The molecule has 0 aliphatic rings. The second kappa shape index (κ2) is 9.77. The van der Waals surface area contributed by atoms with Crippen molar-refractivity contribution in [2.45, 2.75) is 13.3 Å². The molecular formula is C15H24N4O2. The molecule has 0 aliphatic carbocycles. The van der Waals surface area contributed by atoms with Crippen LogP contribution in [0.5, 0.6) is 0 Å². The molecule has 0 aromatic heterocycles. The standard InChI is InChI=1S/C15H24N4O2/c1-3-17-15(19-9-10-20)18-8-7-12-5-4-6-13(11-12)14(21)16-2/h4-6,11,20H,3,7-10H2,1-2H3,(H,16,21)(H2,17,18,19). The summed E-state index contributed by atoms with van der Waals surface area (Å²) in [6, 6.07) is 7.55. The summed E-state index contributed by atoms with van der Waals surface area (Å²) >= 11 is 0. The number of carbonyl (C=O) groups excluding carboxylic acids is 1. The maximum absolute atomic E-state index is 11.6. The SMILES string of the molecule is CCNC(=NCCO)NCCc1cccc(C(=O)NC)c1. The number of hydrogen-bond acceptors (Lipinski definition) is 3. The van der Waals surface area contributed by atoms with Gasteiger partial charge in [-0.2, -0.15) is 0 Å². The van der Waals surface area contributed by atoms with Crippen LogP contribution in [0.2, 0.25) is 0 Å². The molecule has 1 amide bonds. The van der Waals surface area contributed by atoms with Gasteiger partial charge in [-0.25, -0.2) is 0 Å². The van der Waals surface area contributed by atoms with Crippen LogP contribution in [0.4, 0.5) is 0 Å². The highest BCUT2D eigenvalue weighted by Crippen LogP contribution is 2.05. The van der Waals surface area contributed by atoms with E-state index in [4.69, 9.17) is 5.11 Å². The highest BCUT2D eigenvalue weighted by atomic mass is 16.3. The Hall–Kier alpha value is -2.08. The predicted octanol–water partition coefficient (Wildman–Crippen LogP) is 0.136. The summed E-state index contributed by atoms with van der Waals surface area (Å²) in [4.78, 5) is 15.8. The molecule has 0 fully saturated rings. The minimum Gasteiger partial charge on any atom is -0.394 e. The monoisotopic (exact) mass is 292 g/mol. The number of nitrogens with zero attached hydrogens (tertiary/aromatic N) is 1. The average Bonchev–Trinajstić information content (AvgIpc) is 2.52. The van der Waals surface area contributed by atoms with Crippen molar-refractivity contribution < 1.29 is 9.90 Å². The zero-order valence-corrected chi connectivity index (χ0v) is 12.6. The number of nitrogens with one attached hydrogen (secondary N) is 3. The van der Waals surface area contributed by atoms with E-state index in [-0.39, 0.29) is 12.5 Å². The third-order valence-corrected chi connectivity index (χ3v) is 2.84. The lowest BCUT2D eigenvalue weighted by Gasteiger charge is -2.11. The topological polar surface area (TPSA) is 85.8 Å². The second-order valence-corrected chi connectivity index (χ2v) is 4.44. The third kappa shape index (κ3) is 6.27. The Morgan fingerprint density at radius 3 is 2.81 bits per heavy atom. The maximum Gasteiger partial charge on any atom is 0.251 e. The quantitative estimate of drug-likeness (QED) is 0.425. The highest BCUT2D eigenvalue weighted by Gasteiger charge is 2.03. The van der Waals surface area contributed by atoms with Crippen LogP contribution in [0.3, 0.4) is 0 Å². The van der Waals surface area contributed by atoms with Gasteiger partial charge in [-0.05, 0) is 31.0 Å². The molecule has 1 aromatic carbocycles. The zero-order chi connectivity index (χ0) is 15.5. The number of benzene rings is 1. The normalized spacial score (nSPS) is 11.1. The maximum atomic E-state index is 11.6. The summed E-state index contributed by atoms with van der Waals surface area (Å²) < 4.78 is 0. The van der Waals surface area contributed by atoms with Crippen LogP contribution in [0.25, 0.3) is 0 Å². The van der Waals surface area contributed by atoms with E-state index in [2.05, 4.69) is 20.9 Å². The van der Waals surface area contributed by atoms with Gasteiger partial charge in [-0.1, -0.05) is 12.1 Å². The lowest BCUT2D eigenvalue weighted by Crippen LogP contribution is -2.38. The molecule has 6 nitrogen and oxygen atoms in total. The van der Waals surface area contributed by atoms with Gasteiger partial charge in [0.25, 0.3) is 5.91 Å². The fourth-order valence-corrected chi connectivity index (χ4v) is 1.84. The number of aliphatic imine (C=N–C) groups is 1. The Balaban J connectivity index is 2.52. The van der Waals surface area contributed by atoms with E-state index in [0.29, 0.717) is 24.6 Å². The molecule has 0 aliphatic heterocycles. The van der Waals surface area contributed by atoms with Crippen molar-refractivity contribution >= 4 is 11.9 Å². The van der Waals surface area contributed by atoms with Crippen molar-refractivity contribution in [2.24, 2.45) is 4.99 Å². The van der Waals surface area contributed by atoms with Crippen LogP contribution in [0.15, 0.2) is 29.3 Å². The van der Waals surface area contributed by atoms with E-state index >= 15 is 0 Å². The Morgan fingerprint density at radius 2 is 2.14 bits per heavy atom. The minimum atomic E-state index is -0.0809. The smallest absolute Gasteiger partial charge is 0.251 e.